The van der Waals surface area contributed by atoms with Crippen molar-refractivity contribution in [1.82, 2.24) is 0 Å². The summed E-state index contributed by atoms with van der Waals surface area (Å²) in [6.45, 7) is 10.3. The molecule has 1 atom stereocenters. The van der Waals surface area contributed by atoms with Crippen molar-refractivity contribution < 1.29 is 4.74 Å². The minimum absolute atomic E-state index is 0.193. The van der Waals surface area contributed by atoms with Gasteiger partial charge >= 0.3 is 0 Å². The Morgan fingerprint density at radius 2 is 2.09 bits per heavy atom. The van der Waals surface area contributed by atoms with Gasteiger partial charge in [0.15, 0.2) is 0 Å². The highest BCUT2D eigenvalue weighted by Crippen LogP contribution is 2.41. The van der Waals surface area contributed by atoms with Gasteiger partial charge in [-0.2, -0.15) is 0 Å². The molecule has 0 radical (unpaired) electrons. The van der Waals surface area contributed by atoms with Gasteiger partial charge in [-0.1, -0.05) is 49.9 Å². The van der Waals surface area contributed by atoms with Gasteiger partial charge in [0.25, 0.3) is 0 Å². The molecule has 1 unspecified atom stereocenters. The highest BCUT2D eigenvalue weighted by molar-refractivity contribution is 14.1. The Hall–Kier alpha value is 0.01000. The van der Waals surface area contributed by atoms with Crippen LogP contribution < -0.4 is 0 Å². The number of ether oxygens (including phenoxy) is 1. The fourth-order valence-corrected chi connectivity index (χ4v) is 1.80. The molecule has 2 heteroatoms. The summed E-state index contributed by atoms with van der Waals surface area (Å²) in [5.74, 6) is 0.833. The van der Waals surface area contributed by atoms with Crippen LogP contribution in [0.15, 0.2) is 22.0 Å². The van der Waals surface area contributed by atoms with E-state index in [1.165, 1.54) is 5.57 Å². The van der Waals surface area contributed by atoms with Crippen LogP contribution >= 0.6 is 22.6 Å². The van der Waals surface area contributed by atoms with E-state index < -0.39 is 0 Å². The fraction of sp³-hybridized carbons (Fsp3) is 0.556. The van der Waals surface area contributed by atoms with E-state index >= 15 is 0 Å². The molecule has 0 saturated carbocycles. The van der Waals surface area contributed by atoms with Gasteiger partial charge in [-0.05, 0) is 4.08 Å². The predicted molar refractivity (Wildman–Crippen MR) is 55.6 cm³/mol. The van der Waals surface area contributed by atoms with Gasteiger partial charge < -0.3 is 4.74 Å². The average Bonchev–Trinajstić information content (AvgIpc) is 1.81. The largest absolute Gasteiger partial charge is 0.485 e. The Morgan fingerprint density at radius 1 is 1.55 bits per heavy atom. The number of halogens is 1. The second kappa shape index (κ2) is 2.81. The van der Waals surface area contributed by atoms with Gasteiger partial charge in [0, 0.05) is 11.0 Å². The highest BCUT2D eigenvalue weighted by Gasteiger charge is 2.39. The van der Waals surface area contributed by atoms with Gasteiger partial charge in [0.2, 0.25) is 0 Å². The molecular weight excluding hydrogens is 251 g/mol. The summed E-state index contributed by atoms with van der Waals surface area (Å²) in [5.41, 5.74) is 1.44. The first-order valence-electron chi connectivity index (χ1n) is 3.63. The first-order chi connectivity index (χ1) is 4.96. The van der Waals surface area contributed by atoms with Crippen LogP contribution in [0.5, 0.6) is 0 Å². The summed E-state index contributed by atoms with van der Waals surface area (Å²) < 4.78 is 7.49. The van der Waals surface area contributed by atoms with Crippen molar-refractivity contribution in [1.29, 1.82) is 0 Å². The zero-order valence-corrected chi connectivity index (χ0v) is 9.31. The van der Waals surface area contributed by atoms with Crippen LogP contribution in [-0.2, 0) is 4.74 Å². The quantitative estimate of drug-likeness (QED) is 0.610. The molecule has 1 fully saturated rings. The topological polar surface area (TPSA) is 9.23 Å². The Balaban J connectivity index is 2.74. The number of rotatable bonds is 0. The van der Waals surface area contributed by atoms with Gasteiger partial charge in [-0.25, -0.2) is 0 Å². The molecule has 1 nitrogen and oxygen atoms in total. The molecular formula is C9H13IO. The van der Waals surface area contributed by atoms with E-state index in [4.69, 9.17) is 4.74 Å². The third-order valence-corrected chi connectivity index (χ3v) is 2.44. The van der Waals surface area contributed by atoms with E-state index in [-0.39, 0.29) is 11.5 Å². The van der Waals surface area contributed by atoms with Gasteiger partial charge in [0.05, 0.1) is 0 Å². The maximum Gasteiger partial charge on any atom is 0.132 e. The smallest absolute Gasteiger partial charge is 0.132 e. The minimum atomic E-state index is 0.193. The predicted octanol–water partition coefficient (Wildman–Crippen LogP) is 3.26. The lowest BCUT2D eigenvalue weighted by atomic mass is 9.81. The average molecular weight is 264 g/mol. The van der Waals surface area contributed by atoms with Crippen LogP contribution in [0.2, 0.25) is 0 Å². The molecule has 0 aromatic carbocycles. The van der Waals surface area contributed by atoms with E-state index in [0.717, 1.165) is 5.76 Å². The summed E-state index contributed by atoms with van der Waals surface area (Å²) in [6, 6.07) is 0. The molecule has 1 aliphatic heterocycles. The van der Waals surface area contributed by atoms with Crippen molar-refractivity contribution in [2.45, 2.75) is 26.9 Å². The maximum atomic E-state index is 5.44. The molecule has 11 heavy (non-hydrogen) atoms. The Bertz CT molecular complexity index is 210. The molecule has 1 aliphatic rings. The van der Waals surface area contributed by atoms with Crippen molar-refractivity contribution >= 4 is 22.6 Å². The fourth-order valence-electron chi connectivity index (χ4n) is 1.12. The normalized spacial score (nSPS) is 28.2. The second-order valence-electron chi connectivity index (χ2n) is 3.85. The van der Waals surface area contributed by atoms with Crippen LogP contribution in [0.25, 0.3) is 0 Å². The molecule has 0 spiro atoms. The van der Waals surface area contributed by atoms with E-state index in [1.807, 2.05) is 0 Å². The van der Waals surface area contributed by atoms with Gasteiger partial charge in [-0.3, -0.25) is 0 Å². The van der Waals surface area contributed by atoms with Gasteiger partial charge in [-0.15, -0.1) is 0 Å². The SMILES string of the molecule is C=C1OC(C(C)(C)C)/C1=C/I. The van der Waals surface area contributed by atoms with Crippen molar-refractivity contribution in [3.63, 3.8) is 0 Å². The second-order valence-corrected chi connectivity index (χ2v) is 4.47. The zero-order valence-electron chi connectivity index (χ0n) is 7.15. The number of hydrogen-bond acceptors (Lipinski definition) is 1. The molecule has 0 aromatic heterocycles. The summed E-state index contributed by atoms with van der Waals surface area (Å²) in [4.78, 5) is 0. The lowest BCUT2D eigenvalue weighted by molar-refractivity contribution is 0.00370. The van der Waals surface area contributed by atoms with Crippen LogP contribution in [0.3, 0.4) is 0 Å². The molecule has 0 amide bonds. The minimum Gasteiger partial charge on any atom is -0.485 e. The summed E-state index contributed by atoms with van der Waals surface area (Å²) in [6.07, 6.45) is 0.242. The van der Waals surface area contributed by atoms with E-state index in [9.17, 15) is 0 Å². The van der Waals surface area contributed by atoms with E-state index in [1.54, 1.807) is 0 Å². The molecule has 0 N–H and O–H groups in total. The summed E-state index contributed by atoms with van der Waals surface area (Å²) >= 11 is 2.23. The molecule has 1 rings (SSSR count). The zero-order chi connectivity index (χ0) is 8.65. The van der Waals surface area contributed by atoms with E-state index in [0.29, 0.717) is 0 Å². The standard InChI is InChI=1S/C9H13IO/c1-6-7(5-10)8(11-6)9(2,3)4/h5,8H,1H2,2-4H3/b7-5+. The van der Waals surface area contributed by atoms with Crippen molar-refractivity contribution in [3.05, 3.63) is 22.0 Å². The summed E-state index contributed by atoms with van der Waals surface area (Å²) in [5, 5.41) is 0. The Morgan fingerprint density at radius 3 is 2.27 bits per heavy atom. The Kier molecular flexibility index (Phi) is 2.32. The van der Waals surface area contributed by atoms with Gasteiger partial charge in [0.1, 0.15) is 11.9 Å². The van der Waals surface area contributed by atoms with Crippen LogP contribution in [-0.4, -0.2) is 6.10 Å². The maximum absolute atomic E-state index is 5.44. The van der Waals surface area contributed by atoms with E-state index in [2.05, 4.69) is 54.0 Å². The summed E-state index contributed by atoms with van der Waals surface area (Å²) in [7, 11) is 0. The third-order valence-electron chi connectivity index (χ3n) is 1.77. The molecule has 0 aliphatic carbocycles. The molecule has 1 saturated heterocycles. The van der Waals surface area contributed by atoms with Crippen LogP contribution in [0.4, 0.5) is 0 Å². The molecule has 0 aromatic rings. The first kappa shape index (κ1) is 9.10. The molecule has 0 bridgehead atoms. The third kappa shape index (κ3) is 1.60. The lowest BCUT2D eigenvalue weighted by Crippen LogP contribution is -2.39. The molecule has 1 heterocycles. The van der Waals surface area contributed by atoms with Crippen molar-refractivity contribution in [2.24, 2.45) is 5.41 Å². The monoisotopic (exact) mass is 264 g/mol. The lowest BCUT2D eigenvalue weighted by Gasteiger charge is -2.41. The van der Waals surface area contributed by atoms with Crippen molar-refractivity contribution in [3.8, 4) is 0 Å². The highest BCUT2D eigenvalue weighted by atomic mass is 127. The number of hydrogen-bond donors (Lipinski definition) is 0. The molecule has 62 valence electrons. The first-order valence-corrected chi connectivity index (χ1v) is 4.87. The van der Waals surface area contributed by atoms with Crippen LogP contribution in [0.1, 0.15) is 20.8 Å². The Labute approximate surface area is 81.6 Å². The van der Waals surface area contributed by atoms with Crippen molar-refractivity contribution in [2.75, 3.05) is 0 Å². The van der Waals surface area contributed by atoms with Crippen LogP contribution in [0, 0.1) is 5.41 Å².